The van der Waals surface area contributed by atoms with Crippen LogP contribution in [0.25, 0.3) is 0 Å². The van der Waals surface area contributed by atoms with E-state index in [1.165, 1.54) is 0 Å². The highest BCUT2D eigenvalue weighted by atomic mass is 16.2. The van der Waals surface area contributed by atoms with Gasteiger partial charge in [0.15, 0.2) is 0 Å². The lowest BCUT2D eigenvalue weighted by Gasteiger charge is -2.52. The van der Waals surface area contributed by atoms with Crippen LogP contribution in [-0.4, -0.2) is 23.1 Å². The van der Waals surface area contributed by atoms with E-state index in [0.29, 0.717) is 25.2 Å². The number of carbonyl (C=O) groups is 2. The zero-order valence-corrected chi connectivity index (χ0v) is 15.2. The SMILES string of the molecule is C[C@@H]1C(=O)CCC2(c3ccccc3)C(=O)N(Cc3ccccc3)CC[C@@H]12. The van der Waals surface area contributed by atoms with Gasteiger partial charge in [0, 0.05) is 25.4 Å². The van der Waals surface area contributed by atoms with Crippen LogP contribution < -0.4 is 0 Å². The third-order valence-corrected chi connectivity index (χ3v) is 6.39. The van der Waals surface area contributed by atoms with Crippen LogP contribution in [0.3, 0.4) is 0 Å². The number of amides is 1. The van der Waals surface area contributed by atoms with Crippen molar-refractivity contribution in [3.8, 4) is 0 Å². The van der Waals surface area contributed by atoms with Gasteiger partial charge in [0.25, 0.3) is 0 Å². The maximum atomic E-state index is 13.8. The lowest BCUT2D eigenvalue weighted by molar-refractivity contribution is -0.152. The number of Topliss-reactive ketones (excluding diaryl/α,β-unsaturated/α-hetero) is 1. The molecule has 0 spiro atoms. The van der Waals surface area contributed by atoms with Crippen LogP contribution in [-0.2, 0) is 21.5 Å². The summed E-state index contributed by atoms with van der Waals surface area (Å²) in [7, 11) is 0. The molecule has 2 aromatic rings. The van der Waals surface area contributed by atoms with Crippen LogP contribution in [0, 0.1) is 11.8 Å². The van der Waals surface area contributed by atoms with Gasteiger partial charge in [0.05, 0.1) is 5.41 Å². The van der Waals surface area contributed by atoms with Gasteiger partial charge in [0.1, 0.15) is 5.78 Å². The lowest BCUT2D eigenvalue weighted by atomic mass is 9.55. The lowest BCUT2D eigenvalue weighted by Crippen LogP contribution is -2.60. The van der Waals surface area contributed by atoms with Crippen molar-refractivity contribution in [2.24, 2.45) is 11.8 Å². The van der Waals surface area contributed by atoms with Crippen molar-refractivity contribution in [2.75, 3.05) is 6.54 Å². The molecule has 0 bridgehead atoms. The fourth-order valence-electron chi connectivity index (χ4n) is 5.00. The molecule has 3 heteroatoms. The Morgan fingerprint density at radius 3 is 2.35 bits per heavy atom. The van der Waals surface area contributed by atoms with E-state index in [-0.39, 0.29) is 17.7 Å². The molecule has 0 N–H and O–H groups in total. The first-order valence-electron chi connectivity index (χ1n) is 9.54. The monoisotopic (exact) mass is 347 g/mol. The summed E-state index contributed by atoms with van der Waals surface area (Å²) in [6.07, 6.45) is 2.02. The molecule has 1 aliphatic carbocycles. The van der Waals surface area contributed by atoms with E-state index in [4.69, 9.17) is 0 Å². The number of fused-ring (bicyclic) bond motifs is 1. The van der Waals surface area contributed by atoms with Gasteiger partial charge < -0.3 is 4.90 Å². The van der Waals surface area contributed by atoms with Crippen molar-refractivity contribution in [3.05, 3.63) is 71.8 Å². The largest absolute Gasteiger partial charge is 0.338 e. The molecule has 0 radical (unpaired) electrons. The van der Waals surface area contributed by atoms with Crippen LogP contribution in [0.5, 0.6) is 0 Å². The van der Waals surface area contributed by atoms with Crippen LogP contribution in [0.15, 0.2) is 60.7 Å². The Morgan fingerprint density at radius 1 is 1.00 bits per heavy atom. The third-order valence-electron chi connectivity index (χ3n) is 6.39. The maximum Gasteiger partial charge on any atom is 0.233 e. The molecule has 1 saturated heterocycles. The molecule has 134 valence electrons. The van der Waals surface area contributed by atoms with Gasteiger partial charge in [-0.1, -0.05) is 67.6 Å². The van der Waals surface area contributed by atoms with Crippen molar-refractivity contribution >= 4 is 11.7 Å². The van der Waals surface area contributed by atoms with Gasteiger partial charge in [-0.15, -0.1) is 0 Å². The summed E-state index contributed by atoms with van der Waals surface area (Å²) in [6.45, 7) is 3.39. The molecule has 2 aromatic carbocycles. The van der Waals surface area contributed by atoms with Crippen LogP contribution in [0.1, 0.15) is 37.3 Å². The second-order valence-corrected chi connectivity index (χ2v) is 7.70. The Kier molecular flexibility index (Phi) is 4.39. The highest BCUT2D eigenvalue weighted by Crippen LogP contribution is 2.50. The number of piperidine rings is 1. The first-order valence-corrected chi connectivity index (χ1v) is 9.54. The number of ketones is 1. The number of rotatable bonds is 3. The number of likely N-dealkylation sites (tertiary alicyclic amines) is 1. The molecule has 3 nitrogen and oxygen atoms in total. The van der Waals surface area contributed by atoms with E-state index in [1.54, 1.807) is 0 Å². The highest BCUT2D eigenvalue weighted by molar-refractivity contribution is 5.94. The van der Waals surface area contributed by atoms with Crippen molar-refractivity contribution < 1.29 is 9.59 Å². The molecule has 1 aliphatic heterocycles. The minimum absolute atomic E-state index is 0.0493. The third kappa shape index (κ3) is 2.66. The first-order chi connectivity index (χ1) is 12.6. The Bertz CT molecular complexity index is 801. The number of carbonyl (C=O) groups excluding carboxylic acids is 2. The summed E-state index contributed by atoms with van der Waals surface area (Å²) in [5, 5.41) is 0. The fourth-order valence-corrected chi connectivity index (χ4v) is 5.00. The van der Waals surface area contributed by atoms with Crippen molar-refractivity contribution in [3.63, 3.8) is 0 Å². The summed E-state index contributed by atoms with van der Waals surface area (Å²) in [4.78, 5) is 28.1. The summed E-state index contributed by atoms with van der Waals surface area (Å²) in [5.41, 5.74) is 1.68. The zero-order chi connectivity index (χ0) is 18.1. The maximum absolute atomic E-state index is 13.8. The van der Waals surface area contributed by atoms with E-state index < -0.39 is 5.41 Å². The number of benzene rings is 2. The summed E-state index contributed by atoms with van der Waals surface area (Å²) >= 11 is 0. The van der Waals surface area contributed by atoms with E-state index in [9.17, 15) is 9.59 Å². The highest BCUT2D eigenvalue weighted by Gasteiger charge is 2.56. The second-order valence-electron chi connectivity index (χ2n) is 7.70. The van der Waals surface area contributed by atoms with Gasteiger partial charge in [-0.2, -0.15) is 0 Å². The second kappa shape index (κ2) is 6.71. The normalized spacial score (nSPS) is 28.7. The predicted molar refractivity (Wildman–Crippen MR) is 101 cm³/mol. The zero-order valence-electron chi connectivity index (χ0n) is 15.2. The van der Waals surface area contributed by atoms with Gasteiger partial charge in [0.2, 0.25) is 5.91 Å². The van der Waals surface area contributed by atoms with E-state index in [1.807, 2.05) is 48.2 Å². The smallest absolute Gasteiger partial charge is 0.233 e. The molecule has 0 aromatic heterocycles. The summed E-state index contributed by atoms with van der Waals surface area (Å²) in [5.74, 6) is 0.562. The molecule has 4 rings (SSSR count). The Morgan fingerprint density at radius 2 is 1.65 bits per heavy atom. The molecular weight excluding hydrogens is 322 g/mol. The van der Waals surface area contributed by atoms with Crippen molar-refractivity contribution in [1.82, 2.24) is 4.90 Å². The Hall–Kier alpha value is -2.42. The van der Waals surface area contributed by atoms with Crippen LogP contribution in [0.2, 0.25) is 0 Å². The molecular formula is C23H25NO2. The van der Waals surface area contributed by atoms with Crippen LogP contribution >= 0.6 is 0 Å². The standard InChI is InChI=1S/C23H25NO2/c1-17-20-13-15-24(16-18-8-4-2-5-9-18)22(26)23(20,14-12-21(17)25)19-10-6-3-7-11-19/h2-11,17,20H,12-16H2,1H3/t17-,20-,23?/m0/s1. The Balaban J connectivity index is 1.73. The molecule has 2 fully saturated rings. The predicted octanol–water partition coefficient (Wildman–Crippen LogP) is 3.97. The number of nitrogens with zero attached hydrogens (tertiary/aromatic N) is 1. The first kappa shape index (κ1) is 17.0. The number of hydrogen-bond donors (Lipinski definition) is 0. The molecule has 1 saturated carbocycles. The topological polar surface area (TPSA) is 37.4 Å². The molecule has 26 heavy (non-hydrogen) atoms. The van der Waals surface area contributed by atoms with Gasteiger partial charge in [-0.3, -0.25) is 9.59 Å². The van der Waals surface area contributed by atoms with Gasteiger partial charge >= 0.3 is 0 Å². The summed E-state index contributed by atoms with van der Waals surface area (Å²) < 4.78 is 0. The van der Waals surface area contributed by atoms with Gasteiger partial charge in [-0.25, -0.2) is 0 Å². The molecule has 1 amide bonds. The average Bonchev–Trinajstić information content (AvgIpc) is 2.69. The van der Waals surface area contributed by atoms with Crippen molar-refractivity contribution in [2.45, 2.75) is 38.1 Å². The van der Waals surface area contributed by atoms with E-state index in [2.05, 4.69) is 24.3 Å². The average molecular weight is 347 g/mol. The molecule has 3 atom stereocenters. The van der Waals surface area contributed by atoms with Crippen molar-refractivity contribution in [1.29, 1.82) is 0 Å². The van der Waals surface area contributed by atoms with Gasteiger partial charge in [-0.05, 0) is 29.9 Å². The quantitative estimate of drug-likeness (QED) is 0.842. The van der Waals surface area contributed by atoms with Crippen LogP contribution in [0.4, 0.5) is 0 Å². The molecule has 1 unspecified atom stereocenters. The summed E-state index contributed by atoms with van der Waals surface area (Å²) in [6, 6.07) is 20.3. The minimum atomic E-state index is -0.554. The Labute approximate surface area is 155 Å². The molecule has 1 heterocycles. The van der Waals surface area contributed by atoms with E-state index in [0.717, 1.165) is 24.1 Å². The fraction of sp³-hybridized carbons (Fsp3) is 0.391. The minimum Gasteiger partial charge on any atom is -0.338 e. The van der Waals surface area contributed by atoms with E-state index >= 15 is 0 Å². The number of hydrogen-bond acceptors (Lipinski definition) is 2. The molecule has 2 aliphatic rings.